The molecule has 4 heteroatoms. The van der Waals surface area contributed by atoms with Crippen LogP contribution < -0.4 is 0 Å². The molecule has 1 N–H and O–H groups in total. The number of aromatic carboxylic acids is 1. The smallest absolute Gasteiger partial charge is 0.336 e. The van der Waals surface area contributed by atoms with E-state index in [4.69, 9.17) is 5.11 Å². The molecule has 0 saturated carbocycles. The second kappa shape index (κ2) is 9.64. The Morgan fingerprint density at radius 1 is 1.12 bits per heavy atom. The zero-order valence-electron chi connectivity index (χ0n) is 10.6. The van der Waals surface area contributed by atoms with E-state index in [9.17, 15) is 9.59 Å². The van der Waals surface area contributed by atoms with E-state index < -0.39 is 5.97 Å². The van der Waals surface area contributed by atoms with Gasteiger partial charge in [-0.2, -0.15) is 0 Å². The summed E-state index contributed by atoms with van der Waals surface area (Å²) < 4.78 is 0. The molecule has 0 atom stereocenters. The summed E-state index contributed by atoms with van der Waals surface area (Å²) in [6.45, 7) is 5.89. The Bertz CT molecular complexity index is 361. The van der Waals surface area contributed by atoms with Gasteiger partial charge in [0.1, 0.15) is 0 Å². The first-order chi connectivity index (χ1) is 7.66. The first-order valence-corrected chi connectivity index (χ1v) is 5.52. The van der Waals surface area contributed by atoms with E-state index in [2.05, 4.69) is 0 Å². The highest BCUT2D eigenvalue weighted by atomic mass is 16.4. The standard InChI is InChI=1S/C11H12O3.C2H6.B/c1-2-5-10(12)8-6-3-4-7-9(8)11(13)14;1-2;/h3-4,6-7H,2,5H2,1H3,(H,13,14);1-2H3;. The highest BCUT2D eigenvalue weighted by Crippen LogP contribution is 2.12. The number of Topliss-reactive ketones (excluding diaryl/α,β-unsaturated/α-hetero) is 1. The molecule has 91 valence electrons. The minimum Gasteiger partial charge on any atom is -0.478 e. The maximum absolute atomic E-state index is 11.5. The molecule has 3 radical (unpaired) electrons. The first-order valence-electron chi connectivity index (χ1n) is 5.52. The molecule has 0 aliphatic carbocycles. The van der Waals surface area contributed by atoms with E-state index in [1.807, 2.05) is 20.8 Å². The van der Waals surface area contributed by atoms with Crippen molar-refractivity contribution in [1.29, 1.82) is 0 Å². The second-order valence-corrected chi connectivity index (χ2v) is 3.02. The number of ketones is 1. The van der Waals surface area contributed by atoms with E-state index in [0.717, 1.165) is 6.42 Å². The Morgan fingerprint density at radius 2 is 1.59 bits per heavy atom. The maximum Gasteiger partial charge on any atom is 0.336 e. The van der Waals surface area contributed by atoms with Crippen LogP contribution in [-0.4, -0.2) is 25.3 Å². The van der Waals surface area contributed by atoms with Crippen LogP contribution in [0.5, 0.6) is 0 Å². The molecular weight excluding hydrogens is 215 g/mol. The third-order valence-electron chi connectivity index (χ3n) is 1.93. The van der Waals surface area contributed by atoms with Crippen LogP contribution in [0, 0.1) is 0 Å². The summed E-state index contributed by atoms with van der Waals surface area (Å²) >= 11 is 0. The first kappa shape index (κ1) is 17.8. The molecule has 0 heterocycles. The summed E-state index contributed by atoms with van der Waals surface area (Å²) in [5.74, 6) is -1.16. The number of hydrogen-bond acceptors (Lipinski definition) is 2. The molecule has 1 aromatic carbocycles. The summed E-state index contributed by atoms with van der Waals surface area (Å²) in [7, 11) is 0. The monoisotopic (exact) mass is 233 g/mol. The normalized spacial score (nSPS) is 8.41. The zero-order chi connectivity index (χ0) is 12.6. The van der Waals surface area contributed by atoms with Crippen molar-refractivity contribution in [2.24, 2.45) is 0 Å². The molecule has 0 spiro atoms. The third-order valence-corrected chi connectivity index (χ3v) is 1.93. The van der Waals surface area contributed by atoms with Crippen molar-refractivity contribution in [1.82, 2.24) is 0 Å². The topological polar surface area (TPSA) is 54.4 Å². The fourth-order valence-electron chi connectivity index (χ4n) is 1.27. The van der Waals surface area contributed by atoms with Gasteiger partial charge in [0, 0.05) is 20.4 Å². The van der Waals surface area contributed by atoms with Crippen LogP contribution in [0.15, 0.2) is 24.3 Å². The van der Waals surface area contributed by atoms with Gasteiger partial charge in [0.2, 0.25) is 0 Å². The van der Waals surface area contributed by atoms with Gasteiger partial charge in [-0.15, -0.1) is 0 Å². The van der Waals surface area contributed by atoms with Crippen molar-refractivity contribution in [2.75, 3.05) is 0 Å². The van der Waals surface area contributed by atoms with Crippen molar-refractivity contribution in [3.05, 3.63) is 35.4 Å². The Hall–Kier alpha value is -1.58. The van der Waals surface area contributed by atoms with Gasteiger partial charge in [-0.3, -0.25) is 4.79 Å². The van der Waals surface area contributed by atoms with Crippen molar-refractivity contribution in [3.63, 3.8) is 0 Å². The third kappa shape index (κ3) is 5.34. The number of carbonyl (C=O) groups is 2. The Labute approximate surface area is 104 Å². The van der Waals surface area contributed by atoms with Crippen LogP contribution in [0.25, 0.3) is 0 Å². The Morgan fingerprint density at radius 3 is 2.00 bits per heavy atom. The number of carboxylic acids is 1. The number of benzene rings is 1. The van der Waals surface area contributed by atoms with Gasteiger partial charge in [0.05, 0.1) is 5.56 Å². The van der Waals surface area contributed by atoms with Crippen LogP contribution in [-0.2, 0) is 0 Å². The summed E-state index contributed by atoms with van der Waals surface area (Å²) in [5, 5.41) is 8.83. The van der Waals surface area contributed by atoms with Gasteiger partial charge in [-0.05, 0) is 12.5 Å². The minimum absolute atomic E-state index is 0. The largest absolute Gasteiger partial charge is 0.478 e. The van der Waals surface area contributed by atoms with Gasteiger partial charge < -0.3 is 5.11 Å². The van der Waals surface area contributed by atoms with E-state index >= 15 is 0 Å². The molecule has 0 fully saturated rings. The average molecular weight is 233 g/mol. The van der Waals surface area contributed by atoms with Gasteiger partial charge in [0.15, 0.2) is 5.78 Å². The molecule has 1 rings (SSSR count). The Kier molecular flexibility index (Phi) is 10.1. The van der Waals surface area contributed by atoms with E-state index in [1.54, 1.807) is 18.2 Å². The molecule has 3 nitrogen and oxygen atoms in total. The summed E-state index contributed by atoms with van der Waals surface area (Å²) in [6.07, 6.45) is 1.12. The quantitative estimate of drug-likeness (QED) is 0.642. The zero-order valence-corrected chi connectivity index (χ0v) is 10.6. The fraction of sp³-hybridized carbons (Fsp3) is 0.385. The molecule has 0 unspecified atom stereocenters. The van der Waals surface area contributed by atoms with Crippen molar-refractivity contribution in [2.45, 2.75) is 33.6 Å². The molecule has 17 heavy (non-hydrogen) atoms. The van der Waals surface area contributed by atoms with Crippen molar-refractivity contribution in [3.8, 4) is 0 Å². The minimum atomic E-state index is -1.05. The molecular formula is C13H18BO3. The number of carboxylic acid groups (broad SMARTS) is 1. The van der Waals surface area contributed by atoms with Crippen LogP contribution in [0.1, 0.15) is 54.3 Å². The van der Waals surface area contributed by atoms with Gasteiger partial charge >= 0.3 is 5.97 Å². The van der Waals surface area contributed by atoms with Crippen molar-refractivity contribution < 1.29 is 14.7 Å². The predicted octanol–water partition coefficient (Wildman–Crippen LogP) is 3.01. The molecule has 0 aromatic heterocycles. The number of carbonyl (C=O) groups excluding carboxylic acids is 1. The lowest BCUT2D eigenvalue weighted by Gasteiger charge is -2.03. The van der Waals surface area contributed by atoms with Gasteiger partial charge in [0.25, 0.3) is 0 Å². The van der Waals surface area contributed by atoms with E-state index in [0.29, 0.717) is 12.0 Å². The molecule has 0 aliphatic heterocycles. The molecule has 1 aromatic rings. The summed E-state index contributed by atoms with van der Waals surface area (Å²) in [4.78, 5) is 22.3. The summed E-state index contributed by atoms with van der Waals surface area (Å²) in [5.41, 5.74) is 0.396. The van der Waals surface area contributed by atoms with Crippen LogP contribution in [0.4, 0.5) is 0 Å². The molecule has 0 bridgehead atoms. The van der Waals surface area contributed by atoms with Crippen LogP contribution in [0.3, 0.4) is 0 Å². The second-order valence-electron chi connectivity index (χ2n) is 3.02. The Balaban J connectivity index is 0. The maximum atomic E-state index is 11.5. The van der Waals surface area contributed by atoms with Crippen LogP contribution in [0.2, 0.25) is 0 Å². The molecule has 0 amide bonds. The fourth-order valence-corrected chi connectivity index (χ4v) is 1.27. The number of hydrogen-bond donors (Lipinski definition) is 1. The lowest BCUT2D eigenvalue weighted by atomic mass is 10.0. The SMILES string of the molecule is CC.CCCC(=O)c1ccccc1C(=O)O.[B]. The highest BCUT2D eigenvalue weighted by molar-refractivity contribution is 6.05. The van der Waals surface area contributed by atoms with E-state index in [1.165, 1.54) is 6.07 Å². The number of rotatable bonds is 4. The molecule has 0 saturated heterocycles. The van der Waals surface area contributed by atoms with Gasteiger partial charge in [-0.25, -0.2) is 4.79 Å². The predicted molar refractivity (Wildman–Crippen MR) is 69.7 cm³/mol. The van der Waals surface area contributed by atoms with Gasteiger partial charge in [-0.1, -0.05) is 39.0 Å². The van der Waals surface area contributed by atoms with E-state index in [-0.39, 0.29) is 19.8 Å². The van der Waals surface area contributed by atoms with Crippen molar-refractivity contribution >= 4 is 20.2 Å². The average Bonchev–Trinajstić information content (AvgIpc) is 2.32. The lowest BCUT2D eigenvalue weighted by molar-refractivity contribution is 0.0691. The van der Waals surface area contributed by atoms with Crippen LogP contribution >= 0.6 is 0 Å². The summed E-state index contributed by atoms with van der Waals surface area (Å²) in [6, 6.07) is 6.30. The lowest BCUT2D eigenvalue weighted by Crippen LogP contribution is -2.07. The molecule has 0 aliphatic rings. The highest BCUT2D eigenvalue weighted by Gasteiger charge is 2.14.